The zero-order valence-electron chi connectivity index (χ0n) is 14.3. The Morgan fingerprint density at radius 3 is 0.889 bits per heavy atom. The zero-order chi connectivity index (χ0) is 18.8. The summed E-state index contributed by atoms with van der Waals surface area (Å²) in [4.78, 5) is 0. The fraction of sp³-hybridized carbons (Fsp3) is 0. The first kappa shape index (κ1) is 19.4. The fourth-order valence-corrected chi connectivity index (χ4v) is 5.28. The summed E-state index contributed by atoms with van der Waals surface area (Å²) >= 11 is 7.28. The van der Waals surface area contributed by atoms with Gasteiger partial charge in [-0.1, -0.05) is 54.6 Å². The predicted octanol–water partition coefficient (Wildman–Crippen LogP) is 8.50. The highest BCUT2D eigenvalue weighted by atomic mass is 127. The van der Waals surface area contributed by atoms with Gasteiger partial charge in [0.15, 0.2) is 0 Å². The van der Waals surface area contributed by atoms with Gasteiger partial charge in [-0.25, -0.2) is 0 Å². The highest BCUT2D eigenvalue weighted by molar-refractivity contribution is 14.1. The third-order valence-electron chi connectivity index (χ3n) is 4.49. The fourth-order valence-electron chi connectivity index (χ4n) is 3.18. The molecule has 0 amide bonds. The Bertz CT molecular complexity index is 962. The summed E-state index contributed by atoms with van der Waals surface area (Å²) in [5.41, 5.74) is 7.60. The lowest BCUT2D eigenvalue weighted by molar-refractivity contribution is 1.53. The molecule has 0 aromatic heterocycles. The molecule has 0 nitrogen and oxygen atoms in total. The van der Waals surface area contributed by atoms with E-state index in [1.54, 1.807) is 0 Å². The van der Waals surface area contributed by atoms with Crippen LogP contribution in [0.25, 0.3) is 33.4 Å². The summed E-state index contributed by atoms with van der Waals surface area (Å²) in [6.45, 7) is 0. The first-order valence-corrected chi connectivity index (χ1v) is 11.8. The first-order chi connectivity index (χ1) is 13.1. The highest BCUT2D eigenvalue weighted by Gasteiger charge is 2.12. The summed E-state index contributed by atoms with van der Waals surface area (Å²) in [7, 11) is 0. The van der Waals surface area contributed by atoms with Crippen LogP contribution >= 0.6 is 67.8 Å². The smallest absolute Gasteiger partial charge is 0.0208 e. The van der Waals surface area contributed by atoms with Crippen LogP contribution in [0.3, 0.4) is 0 Å². The molecule has 0 fully saturated rings. The molecule has 4 aromatic rings. The maximum Gasteiger partial charge on any atom is 0.0208 e. The van der Waals surface area contributed by atoms with Crippen LogP contribution in [0, 0.1) is 10.7 Å². The molecule has 0 aliphatic rings. The van der Waals surface area contributed by atoms with Crippen LogP contribution in [0.5, 0.6) is 0 Å². The van der Waals surface area contributed by atoms with E-state index in [1.807, 2.05) is 0 Å². The van der Waals surface area contributed by atoms with Crippen molar-refractivity contribution in [1.29, 1.82) is 0 Å². The highest BCUT2D eigenvalue weighted by Crippen LogP contribution is 2.37. The standard InChI is InChI=1S/C24H15I3/c25-22-10-4-1-7-19(22)16-13-17(20-8-2-5-11-23(20)26)15-18(14-16)21-9-3-6-12-24(21)27/h1-15H. The molecule has 27 heavy (non-hydrogen) atoms. The van der Waals surface area contributed by atoms with E-state index >= 15 is 0 Å². The Kier molecular flexibility index (Phi) is 6.18. The van der Waals surface area contributed by atoms with Crippen molar-refractivity contribution in [3.05, 3.63) is 102 Å². The Hall–Kier alpha value is -0.930. The van der Waals surface area contributed by atoms with Crippen molar-refractivity contribution in [3.63, 3.8) is 0 Å². The Balaban J connectivity index is 1.99. The molecule has 4 rings (SSSR count). The van der Waals surface area contributed by atoms with Crippen molar-refractivity contribution in [2.45, 2.75) is 0 Å². The van der Waals surface area contributed by atoms with Crippen LogP contribution in [-0.4, -0.2) is 0 Å². The van der Waals surface area contributed by atoms with Gasteiger partial charge in [-0.15, -0.1) is 0 Å². The molecule has 0 bridgehead atoms. The van der Waals surface area contributed by atoms with Crippen molar-refractivity contribution in [2.24, 2.45) is 0 Å². The Morgan fingerprint density at radius 2 is 0.630 bits per heavy atom. The van der Waals surface area contributed by atoms with Crippen LogP contribution < -0.4 is 0 Å². The molecule has 0 aliphatic heterocycles. The summed E-state index contributed by atoms with van der Waals surface area (Å²) in [6.07, 6.45) is 0. The summed E-state index contributed by atoms with van der Waals surface area (Å²) < 4.78 is 3.80. The molecule has 0 unspecified atom stereocenters. The zero-order valence-corrected chi connectivity index (χ0v) is 20.8. The van der Waals surface area contributed by atoms with Gasteiger partial charge in [0.05, 0.1) is 0 Å². The second-order valence-electron chi connectivity index (χ2n) is 6.24. The lowest BCUT2D eigenvalue weighted by Crippen LogP contribution is -1.90. The maximum absolute atomic E-state index is 2.43. The van der Waals surface area contributed by atoms with Gasteiger partial charge in [0.2, 0.25) is 0 Å². The second kappa shape index (κ2) is 8.61. The van der Waals surface area contributed by atoms with Gasteiger partial charge in [0, 0.05) is 10.7 Å². The molecule has 132 valence electrons. The van der Waals surface area contributed by atoms with E-state index in [0.717, 1.165) is 0 Å². The van der Waals surface area contributed by atoms with Crippen molar-refractivity contribution >= 4 is 67.8 Å². The molecule has 0 atom stereocenters. The van der Waals surface area contributed by atoms with E-state index in [-0.39, 0.29) is 0 Å². The molecule has 0 saturated carbocycles. The van der Waals surface area contributed by atoms with E-state index in [2.05, 4.69) is 159 Å². The van der Waals surface area contributed by atoms with E-state index in [4.69, 9.17) is 0 Å². The molecule has 0 radical (unpaired) electrons. The minimum atomic E-state index is 1.26. The van der Waals surface area contributed by atoms with Crippen LogP contribution in [0.15, 0.2) is 91.0 Å². The minimum Gasteiger partial charge on any atom is -0.0616 e. The molecular weight excluding hydrogens is 669 g/mol. The van der Waals surface area contributed by atoms with Crippen molar-refractivity contribution in [3.8, 4) is 33.4 Å². The molecule has 3 heteroatoms. The van der Waals surface area contributed by atoms with Crippen LogP contribution in [0.2, 0.25) is 0 Å². The number of halogens is 3. The minimum absolute atomic E-state index is 1.26. The lowest BCUT2D eigenvalue weighted by Gasteiger charge is -2.14. The topological polar surface area (TPSA) is 0 Å². The molecule has 0 aliphatic carbocycles. The summed E-state index contributed by atoms with van der Waals surface area (Å²) in [6, 6.07) is 32.7. The molecule has 4 aromatic carbocycles. The van der Waals surface area contributed by atoms with Crippen molar-refractivity contribution < 1.29 is 0 Å². The number of hydrogen-bond acceptors (Lipinski definition) is 0. The van der Waals surface area contributed by atoms with E-state index in [9.17, 15) is 0 Å². The third-order valence-corrected chi connectivity index (χ3v) is 7.31. The Labute approximate surface area is 200 Å². The summed E-state index contributed by atoms with van der Waals surface area (Å²) in [5, 5.41) is 0. The number of benzene rings is 4. The summed E-state index contributed by atoms with van der Waals surface area (Å²) in [5.74, 6) is 0. The van der Waals surface area contributed by atoms with Crippen molar-refractivity contribution in [2.75, 3.05) is 0 Å². The lowest BCUT2D eigenvalue weighted by atomic mass is 9.93. The van der Waals surface area contributed by atoms with Crippen LogP contribution in [0.1, 0.15) is 0 Å². The third kappa shape index (κ3) is 4.24. The second-order valence-corrected chi connectivity index (χ2v) is 9.73. The van der Waals surface area contributed by atoms with Gasteiger partial charge in [-0.2, -0.15) is 0 Å². The van der Waals surface area contributed by atoms with Gasteiger partial charge in [-0.05, 0) is 138 Å². The van der Waals surface area contributed by atoms with Crippen molar-refractivity contribution in [1.82, 2.24) is 0 Å². The monoisotopic (exact) mass is 684 g/mol. The van der Waals surface area contributed by atoms with Crippen LogP contribution in [-0.2, 0) is 0 Å². The largest absolute Gasteiger partial charge is 0.0616 e. The average Bonchev–Trinajstić information content (AvgIpc) is 2.69. The first-order valence-electron chi connectivity index (χ1n) is 8.53. The van der Waals surface area contributed by atoms with Gasteiger partial charge in [0.1, 0.15) is 0 Å². The molecule has 0 saturated heterocycles. The van der Waals surface area contributed by atoms with Crippen LogP contribution in [0.4, 0.5) is 0 Å². The van der Waals surface area contributed by atoms with Gasteiger partial charge >= 0.3 is 0 Å². The Morgan fingerprint density at radius 1 is 0.370 bits per heavy atom. The quantitative estimate of drug-likeness (QED) is 0.190. The number of rotatable bonds is 3. The SMILES string of the molecule is Ic1ccccc1-c1cc(-c2ccccc2I)cc(-c2ccccc2I)c1. The number of hydrogen-bond donors (Lipinski definition) is 0. The van der Waals surface area contributed by atoms with E-state index < -0.39 is 0 Å². The average molecular weight is 684 g/mol. The van der Waals surface area contributed by atoms with Gasteiger partial charge in [0.25, 0.3) is 0 Å². The van der Waals surface area contributed by atoms with Gasteiger partial charge < -0.3 is 0 Å². The normalized spacial score (nSPS) is 10.8. The molecule has 0 heterocycles. The van der Waals surface area contributed by atoms with E-state index in [0.29, 0.717) is 0 Å². The van der Waals surface area contributed by atoms with E-state index in [1.165, 1.54) is 44.1 Å². The molecule has 0 N–H and O–H groups in total. The predicted molar refractivity (Wildman–Crippen MR) is 141 cm³/mol. The molecule has 0 spiro atoms. The van der Waals surface area contributed by atoms with Gasteiger partial charge in [-0.3, -0.25) is 0 Å². The molecular formula is C24H15I3. The maximum atomic E-state index is 2.43.